The van der Waals surface area contributed by atoms with Crippen molar-refractivity contribution in [3.8, 4) is 0 Å². The van der Waals surface area contributed by atoms with Crippen molar-refractivity contribution < 1.29 is 0 Å². The minimum atomic E-state index is 0.723. The van der Waals surface area contributed by atoms with E-state index in [1.807, 2.05) is 11.8 Å². The fraction of sp³-hybridized carbons (Fsp3) is 0.538. The van der Waals surface area contributed by atoms with Gasteiger partial charge in [-0.2, -0.15) is 11.8 Å². The van der Waals surface area contributed by atoms with Gasteiger partial charge >= 0.3 is 0 Å². The number of thioether (sulfide) groups is 1. The first kappa shape index (κ1) is 12.6. The summed E-state index contributed by atoms with van der Waals surface area (Å²) in [6.07, 6.45) is 2.14. The highest BCUT2D eigenvalue weighted by atomic mass is 32.2. The average Bonchev–Trinajstić information content (AvgIpc) is 2.20. The third kappa shape index (κ3) is 5.24. The van der Waals surface area contributed by atoms with Crippen LogP contribution in [-0.4, -0.2) is 12.8 Å². The van der Waals surface area contributed by atoms with E-state index in [0.29, 0.717) is 0 Å². The first-order valence-electron chi connectivity index (χ1n) is 5.50. The van der Waals surface area contributed by atoms with Crippen LogP contribution in [-0.2, 0) is 12.3 Å². The molecule has 2 heteroatoms. The number of nitrogens with one attached hydrogen (secondary N) is 1. The molecule has 0 spiro atoms. The molecule has 1 aromatic rings. The van der Waals surface area contributed by atoms with Gasteiger partial charge in [0.05, 0.1) is 0 Å². The van der Waals surface area contributed by atoms with Crippen LogP contribution in [0.2, 0.25) is 0 Å². The molecule has 84 valence electrons. The molecule has 0 unspecified atom stereocenters. The Morgan fingerprint density at radius 3 is 2.27 bits per heavy atom. The molecule has 1 aromatic carbocycles. The van der Waals surface area contributed by atoms with Crippen molar-refractivity contribution in [1.29, 1.82) is 0 Å². The zero-order chi connectivity index (χ0) is 11.1. The summed E-state index contributed by atoms with van der Waals surface area (Å²) >= 11 is 1.87. The first-order valence-corrected chi connectivity index (χ1v) is 6.89. The Morgan fingerprint density at radius 1 is 1.13 bits per heavy atom. The van der Waals surface area contributed by atoms with Crippen molar-refractivity contribution >= 4 is 11.8 Å². The topological polar surface area (TPSA) is 12.0 Å². The lowest BCUT2D eigenvalue weighted by Gasteiger charge is -2.07. The fourth-order valence-corrected chi connectivity index (χ4v) is 1.95. The highest BCUT2D eigenvalue weighted by Gasteiger charge is 1.96. The van der Waals surface area contributed by atoms with Crippen molar-refractivity contribution in [3.05, 3.63) is 35.4 Å². The molecule has 0 radical (unpaired) electrons. The molecular formula is C13H21NS. The lowest BCUT2D eigenvalue weighted by molar-refractivity contribution is 0.552. The molecule has 0 bridgehead atoms. The van der Waals surface area contributed by atoms with Gasteiger partial charge < -0.3 is 5.32 Å². The van der Waals surface area contributed by atoms with Crippen LogP contribution in [0.25, 0.3) is 0 Å². The van der Waals surface area contributed by atoms with Crippen molar-refractivity contribution in [1.82, 2.24) is 5.32 Å². The molecule has 0 fully saturated rings. The normalized spacial score (nSPS) is 10.9. The van der Waals surface area contributed by atoms with Gasteiger partial charge in [0.1, 0.15) is 0 Å². The Bertz CT molecular complexity index is 266. The van der Waals surface area contributed by atoms with Crippen LogP contribution < -0.4 is 5.32 Å². The molecule has 0 saturated heterocycles. The molecule has 1 N–H and O–H groups in total. The van der Waals surface area contributed by atoms with Crippen LogP contribution in [0.4, 0.5) is 0 Å². The minimum absolute atomic E-state index is 0.723. The molecule has 1 rings (SSSR count). The standard InChI is InChI=1S/C13H21NS/c1-11(2)8-14-9-12-4-6-13(7-5-12)10-15-3/h4-7,11,14H,8-10H2,1-3H3. The van der Waals surface area contributed by atoms with Gasteiger partial charge in [-0.05, 0) is 29.8 Å². The van der Waals surface area contributed by atoms with Gasteiger partial charge in [0.2, 0.25) is 0 Å². The van der Waals surface area contributed by atoms with E-state index < -0.39 is 0 Å². The SMILES string of the molecule is CSCc1ccc(CNCC(C)C)cc1. The van der Waals surface area contributed by atoms with Crippen LogP contribution in [0.15, 0.2) is 24.3 Å². The maximum atomic E-state index is 3.45. The van der Waals surface area contributed by atoms with Gasteiger partial charge in [-0.3, -0.25) is 0 Å². The third-order valence-corrected chi connectivity index (χ3v) is 2.84. The molecule has 1 nitrogen and oxygen atoms in total. The maximum absolute atomic E-state index is 3.45. The largest absolute Gasteiger partial charge is 0.312 e. The van der Waals surface area contributed by atoms with Gasteiger partial charge in [0.25, 0.3) is 0 Å². The van der Waals surface area contributed by atoms with Crippen LogP contribution in [0.5, 0.6) is 0 Å². The van der Waals surface area contributed by atoms with Crippen molar-refractivity contribution in [2.45, 2.75) is 26.1 Å². The zero-order valence-electron chi connectivity index (χ0n) is 9.92. The van der Waals surface area contributed by atoms with Gasteiger partial charge in [-0.25, -0.2) is 0 Å². The van der Waals surface area contributed by atoms with Gasteiger partial charge in [0, 0.05) is 12.3 Å². The van der Waals surface area contributed by atoms with Gasteiger partial charge in [-0.1, -0.05) is 38.1 Å². The van der Waals surface area contributed by atoms with Crippen molar-refractivity contribution in [2.75, 3.05) is 12.8 Å². The summed E-state index contributed by atoms with van der Waals surface area (Å²) < 4.78 is 0. The Labute approximate surface area is 97.7 Å². The summed E-state index contributed by atoms with van der Waals surface area (Å²) in [5.74, 6) is 1.83. The Hall–Kier alpha value is -0.470. The predicted molar refractivity (Wildman–Crippen MR) is 70.2 cm³/mol. The van der Waals surface area contributed by atoms with E-state index in [1.165, 1.54) is 11.1 Å². The summed E-state index contributed by atoms with van der Waals surface area (Å²) in [7, 11) is 0. The maximum Gasteiger partial charge on any atom is 0.0205 e. The highest BCUT2D eigenvalue weighted by Crippen LogP contribution is 2.10. The quantitative estimate of drug-likeness (QED) is 0.794. The number of hydrogen-bond donors (Lipinski definition) is 1. The second kappa shape index (κ2) is 6.91. The van der Waals surface area contributed by atoms with E-state index >= 15 is 0 Å². The van der Waals surface area contributed by atoms with Gasteiger partial charge in [-0.15, -0.1) is 0 Å². The Kier molecular flexibility index (Phi) is 5.81. The first-order chi connectivity index (χ1) is 7.22. The summed E-state index contributed by atoms with van der Waals surface area (Å²) in [4.78, 5) is 0. The van der Waals surface area contributed by atoms with Crippen LogP contribution in [0, 0.1) is 5.92 Å². The van der Waals surface area contributed by atoms with E-state index in [2.05, 4.69) is 49.7 Å². The Morgan fingerprint density at radius 2 is 1.73 bits per heavy atom. The average molecular weight is 223 g/mol. The zero-order valence-corrected chi connectivity index (χ0v) is 10.7. The Balaban J connectivity index is 2.36. The van der Waals surface area contributed by atoms with Crippen molar-refractivity contribution in [3.63, 3.8) is 0 Å². The van der Waals surface area contributed by atoms with E-state index in [-0.39, 0.29) is 0 Å². The molecule has 0 heterocycles. The minimum Gasteiger partial charge on any atom is -0.312 e. The van der Waals surface area contributed by atoms with Gasteiger partial charge in [0.15, 0.2) is 0 Å². The number of benzene rings is 1. The lowest BCUT2D eigenvalue weighted by atomic mass is 10.1. The second-order valence-electron chi connectivity index (χ2n) is 4.27. The summed E-state index contributed by atoms with van der Waals surface area (Å²) in [6, 6.07) is 8.89. The van der Waals surface area contributed by atoms with E-state index in [4.69, 9.17) is 0 Å². The van der Waals surface area contributed by atoms with Crippen LogP contribution in [0.1, 0.15) is 25.0 Å². The monoisotopic (exact) mass is 223 g/mol. The summed E-state index contributed by atoms with van der Waals surface area (Å²) in [5, 5.41) is 3.45. The highest BCUT2D eigenvalue weighted by molar-refractivity contribution is 7.97. The lowest BCUT2D eigenvalue weighted by Crippen LogP contribution is -2.18. The van der Waals surface area contributed by atoms with E-state index in [9.17, 15) is 0 Å². The molecule has 0 aromatic heterocycles. The molecule has 0 atom stereocenters. The van der Waals surface area contributed by atoms with Crippen LogP contribution in [0.3, 0.4) is 0 Å². The molecule has 0 saturated carbocycles. The summed E-state index contributed by atoms with van der Waals surface area (Å²) in [6.45, 7) is 6.54. The third-order valence-electron chi connectivity index (χ3n) is 2.22. The molecule has 15 heavy (non-hydrogen) atoms. The van der Waals surface area contributed by atoms with E-state index in [1.54, 1.807) is 0 Å². The van der Waals surface area contributed by atoms with Crippen molar-refractivity contribution in [2.24, 2.45) is 5.92 Å². The molecular weight excluding hydrogens is 202 g/mol. The molecule has 0 amide bonds. The van der Waals surface area contributed by atoms with Crippen LogP contribution >= 0.6 is 11.8 Å². The fourth-order valence-electron chi connectivity index (χ4n) is 1.43. The molecule has 0 aliphatic rings. The number of hydrogen-bond acceptors (Lipinski definition) is 2. The second-order valence-corrected chi connectivity index (χ2v) is 5.14. The predicted octanol–water partition coefficient (Wildman–Crippen LogP) is 3.30. The number of rotatable bonds is 6. The molecule has 0 aliphatic heterocycles. The smallest absolute Gasteiger partial charge is 0.0205 e. The molecule has 0 aliphatic carbocycles. The van der Waals surface area contributed by atoms with E-state index in [0.717, 1.165) is 24.8 Å². The summed E-state index contributed by atoms with van der Waals surface area (Å²) in [5.41, 5.74) is 2.79.